The first-order valence-corrected chi connectivity index (χ1v) is 6.23. The Morgan fingerprint density at radius 3 is 2.65 bits per heavy atom. The first-order valence-electron chi connectivity index (χ1n) is 6.23. The SMILES string of the molecule is Cc1ccc(-c2ccc(C3CCCN3)o2)cc1. The maximum atomic E-state index is 5.93. The number of hydrogen-bond donors (Lipinski definition) is 1. The molecule has 0 amide bonds. The molecule has 1 atom stereocenters. The lowest BCUT2D eigenvalue weighted by atomic mass is 10.1. The summed E-state index contributed by atoms with van der Waals surface area (Å²) in [5, 5.41) is 3.45. The summed E-state index contributed by atoms with van der Waals surface area (Å²) < 4.78 is 5.93. The average Bonchev–Trinajstić information content (AvgIpc) is 3.00. The predicted octanol–water partition coefficient (Wildman–Crippen LogP) is 3.68. The molecule has 88 valence electrons. The Hall–Kier alpha value is -1.54. The minimum Gasteiger partial charge on any atom is -0.459 e. The molecule has 0 aliphatic carbocycles. The van der Waals surface area contributed by atoms with Crippen LogP contribution < -0.4 is 5.32 Å². The highest BCUT2D eigenvalue weighted by atomic mass is 16.3. The molecular weight excluding hydrogens is 210 g/mol. The fourth-order valence-corrected chi connectivity index (χ4v) is 2.34. The lowest BCUT2D eigenvalue weighted by Gasteiger charge is -2.05. The summed E-state index contributed by atoms with van der Waals surface area (Å²) in [5.41, 5.74) is 2.43. The Morgan fingerprint density at radius 2 is 1.94 bits per heavy atom. The summed E-state index contributed by atoms with van der Waals surface area (Å²) in [5.74, 6) is 2.03. The van der Waals surface area contributed by atoms with Gasteiger partial charge in [0, 0.05) is 5.56 Å². The minimum absolute atomic E-state index is 0.411. The van der Waals surface area contributed by atoms with Crippen molar-refractivity contribution in [3.05, 3.63) is 47.7 Å². The summed E-state index contributed by atoms with van der Waals surface area (Å²) in [7, 11) is 0. The van der Waals surface area contributed by atoms with E-state index in [1.54, 1.807) is 0 Å². The minimum atomic E-state index is 0.411. The Morgan fingerprint density at radius 1 is 1.12 bits per heavy atom. The molecule has 0 bridgehead atoms. The van der Waals surface area contributed by atoms with Crippen LogP contribution in [0.4, 0.5) is 0 Å². The topological polar surface area (TPSA) is 25.2 Å². The summed E-state index contributed by atoms with van der Waals surface area (Å²) >= 11 is 0. The number of furan rings is 1. The third-order valence-corrected chi connectivity index (χ3v) is 3.37. The number of benzene rings is 1. The van der Waals surface area contributed by atoms with Gasteiger partial charge in [0.2, 0.25) is 0 Å². The van der Waals surface area contributed by atoms with Gasteiger partial charge in [0.1, 0.15) is 11.5 Å². The van der Waals surface area contributed by atoms with Crippen molar-refractivity contribution in [2.24, 2.45) is 0 Å². The van der Waals surface area contributed by atoms with Crippen molar-refractivity contribution in [1.82, 2.24) is 5.32 Å². The van der Waals surface area contributed by atoms with Gasteiger partial charge in [-0.1, -0.05) is 29.8 Å². The highest BCUT2D eigenvalue weighted by Gasteiger charge is 2.19. The molecular formula is C15H17NO. The number of aryl methyl sites for hydroxylation is 1. The van der Waals surface area contributed by atoms with Crippen LogP contribution >= 0.6 is 0 Å². The Labute approximate surface area is 102 Å². The van der Waals surface area contributed by atoms with Crippen molar-refractivity contribution in [2.75, 3.05) is 6.54 Å². The van der Waals surface area contributed by atoms with Gasteiger partial charge in [0.05, 0.1) is 6.04 Å². The van der Waals surface area contributed by atoms with E-state index >= 15 is 0 Å². The number of hydrogen-bond acceptors (Lipinski definition) is 2. The first kappa shape index (κ1) is 10.6. The molecule has 2 heteroatoms. The molecule has 1 aliphatic heterocycles. The first-order chi connectivity index (χ1) is 8.33. The molecule has 1 aliphatic rings. The summed E-state index contributed by atoms with van der Waals surface area (Å²) in [6.07, 6.45) is 2.42. The van der Waals surface area contributed by atoms with E-state index in [0.29, 0.717) is 6.04 Å². The maximum Gasteiger partial charge on any atom is 0.134 e. The fourth-order valence-electron chi connectivity index (χ4n) is 2.34. The molecule has 1 fully saturated rings. The van der Waals surface area contributed by atoms with E-state index in [-0.39, 0.29) is 0 Å². The molecule has 2 nitrogen and oxygen atoms in total. The molecule has 2 heterocycles. The molecule has 0 radical (unpaired) electrons. The van der Waals surface area contributed by atoms with Crippen molar-refractivity contribution in [3.63, 3.8) is 0 Å². The largest absolute Gasteiger partial charge is 0.459 e. The second-order valence-electron chi connectivity index (χ2n) is 4.72. The van der Waals surface area contributed by atoms with Crippen molar-refractivity contribution in [2.45, 2.75) is 25.8 Å². The standard InChI is InChI=1S/C15H17NO/c1-11-4-6-12(7-5-11)14-8-9-15(17-14)13-3-2-10-16-13/h4-9,13,16H,2-3,10H2,1H3. The highest BCUT2D eigenvalue weighted by molar-refractivity contribution is 5.58. The van der Waals surface area contributed by atoms with Gasteiger partial charge in [-0.15, -0.1) is 0 Å². The van der Waals surface area contributed by atoms with Gasteiger partial charge in [0.25, 0.3) is 0 Å². The van der Waals surface area contributed by atoms with E-state index in [9.17, 15) is 0 Å². The van der Waals surface area contributed by atoms with Gasteiger partial charge < -0.3 is 9.73 Å². The molecule has 1 N–H and O–H groups in total. The van der Waals surface area contributed by atoms with Crippen LogP contribution in [-0.4, -0.2) is 6.54 Å². The van der Waals surface area contributed by atoms with E-state index in [4.69, 9.17) is 4.42 Å². The smallest absolute Gasteiger partial charge is 0.134 e. The van der Waals surface area contributed by atoms with Crippen LogP contribution in [-0.2, 0) is 0 Å². The van der Waals surface area contributed by atoms with E-state index in [0.717, 1.165) is 23.6 Å². The second-order valence-corrected chi connectivity index (χ2v) is 4.72. The van der Waals surface area contributed by atoms with Gasteiger partial charge in [-0.3, -0.25) is 0 Å². The van der Waals surface area contributed by atoms with Crippen molar-refractivity contribution in [3.8, 4) is 11.3 Å². The third kappa shape index (κ3) is 2.13. The van der Waals surface area contributed by atoms with Crippen LogP contribution in [0.5, 0.6) is 0 Å². The molecule has 1 aromatic carbocycles. The van der Waals surface area contributed by atoms with Crippen LogP contribution in [0.15, 0.2) is 40.8 Å². The molecule has 1 unspecified atom stereocenters. The fraction of sp³-hybridized carbons (Fsp3) is 0.333. The van der Waals surface area contributed by atoms with Gasteiger partial charge in [0.15, 0.2) is 0 Å². The Kier molecular flexibility index (Phi) is 2.73. The van der Waals surface area contributed by atoms with Crippen molar-refractivity contribution in [1.29, 1.82) is 0 Å². The lowest BCUT2D eigenvalue weighted by Crippen LogP contribution is -2.11. The zero-order valence-electron chi connectivity index (χ0n) is 10.1. The summed E-state index contributed by atoms with van der Waals surface area (Å²) in [4.78, 5) is 0. The van der Waals surface area contributed by atoms with E-state index in [2.05, 4.69) is 48.6 Å². The molecule has 17 heavy (non-hydrogen) atoms. The third-order valence-electron chi connectivity index (χ3n) is 3.37. The average molecular weight is 227 g/mol. The van der Waals surface area contributed by atoms with Gasteiger partial charge in [-0.2, -0.15) is 0 Å². The van der Waals surface area contributed by atoms with Crippen LogP contribution in [0, 0.1) is 6.92 Å². The van der Waals surface area contributed by atoms with Crippen LogP contribution in [0.2, 0.25) is 0 Å². The molecule has 0 spiro atoms. The molecule has 1 saturated heterocycles. The Bertz CT molecular complexity index is 492. The summed E-state index contributed by atoms with van der Waals surface area (Å²) in [6, 6.07) is 13.0. The monoisotopic (exact) mass is 227 g/mol. The number of rotatable bonds is 2. The molecule has 2 aromatic rings. The van der Waals surface area contributed by atoms with Gasteiger partial charge >= 0.3 is 0 Å². The number of nitrogens with one attached hydrogen (secondary N) is 1. The zero-order chi connectivity index (χ0) is 11.7. The van der Waals surface area contributed by atoms with Crippen LogP contribution in [0.25, 0.3) is 11.3 Å². The van der Waals surface area contributed by atoms with Gasteiger partial charge in [-0.05, 0) is 38.4 Å². The van der Waals surface area contributed by atoms with E-state index in [1.165, 1.54) is 18.4 Å². The lowest BCUT2D eigenvalue weighted by molar-refractivity contribution is 0.454. The molecule has 1 aromatic heterocycles. The Balaban J connectivity index is 1.86. The molecule has 3 rings (SSSR count). The van der Waals surface area contributed by atoms with Gasteiger partial charge in [-0.25, -0.2) is 0 Å². The normalized spacial score (nSPS) is 19.7. The maximum absolute atomic E-state index is 5.93. The summed E-state index contributed by atoms with van der Waals surface area (Å²) in [6.45, 7) is 3.20. The quantitative estimate of drug-likeness (QED) is 0.846. The van der Waals surface area contributed by atoms with E-state index in [1.807, 2.05) is 0 Å². The predicted molar refractivity (Wildman–Crippen MR) is 68.9 cm³/mol. The van der Waals surface area contributed by atoms with Crippen molar-refractivity contribution >= 4 is 0 Å². The second kappa shape index (κ2) is 4.38. The van der Waals surface area contributed by atoms with E-state index < -0.39 is 0 Å². The van der Waals surface area contributed by atoms with Crippen LogP contribution in [0.3, 0.4) is 0 Å². The highest BCUT2D eigenvalue weighted by Crippen LogP contribution is 2.29. The van der Waals surface area contributed by atoms with Crippen molar-refractivity contribution < 1.29 is 4.42 Å². The van der Waals surface area contributed by atoms with Crippen LogP contribution in [0.1, 0.15) is 30.2 Å². The molecule has 0 saturated carbocycles. The zero-order valence-corrected chi connectivity index (χ0v) is 10.1.